The van der Waals surface area contributed by atoms with Gasteiger partial charge >= 0.3 is 0 Å². The molecule has 2 aromatic heterocycles. The number of nitrogen functional groups attached to an aromatic ring is 1. The minimum Gasteiger partial charge on any atom is -0.482 e. The number of benzene rings is 1. The average Bonchev–Trinajstić information content (AvgIpc) is 2.50. The van der Waals surface area contributed by atoms with Crippen LogP contribution in [0.1, 0.15) is 18.6 Å². The van der Waals surface area contributed by atoms with Crippen molar-refractivity contribution >= 4 is 32.7 Å². The van der Waals surface area contributed by atoms with E-state index in [9.17, 15) is 4.39 Å². The molecule has 1 aromatic carbocycles. The van der Waals surface area contributed by atoms with Crippen LogP contribution in [0.3, 0.4) is 0 Å². The molecule has 0 aliphatic heterocycles. The molecule has 22 heavy (non-hydrogen) atoms. The van der Waals surface area contributed by atoms with E-state index in [2.05, 4.69) is 25.9 Å². The maximum atomic E-state index is 13.8. The van der Waals surface area contributed by atoms with Crippen LogP contribution in [-0.2, 0) is 0 Å². The number of pyridine rings is 2. The second kappa shape index (κ2) is 5.88. The van der Waals surface area contributed by atoms with Gasteiger partial charge in [-0.1, -0.05) is 6.07 Å². The molecule has 0 spiro atoms. The Hall–Kier alpha value is -2.21. The zero-order valence-electron chi connectivity index (χ0n) is 11.8. The molecule has 112 valence electrons. The second-order valence-electron chi connectivity index (χ2n) is 4.87. The Kier molecular flexibility index (Phi) is 3.94. The van der Waals surface area contributed by atoms with Gasteiger partial charge < -0.3 is 10.5 Å². The summed E-state index contributed by atoms with van der Waals surface area (Å²) >= 11 is 3.32. The Morgan fingerprint density at radius 2 is 2.09 bits per heavy atom. The fraction of sp³-hybridized carbons (Fsp3) is 0.125. The fourth-order valence-corrected chi connectivity index (χ4v) is 2.58. The smallest absolute Gasteiger partial charge is 0.166 e. The molecule has 0 radical (unpaired) electrons. The summed E-state index contributed by atoms with van der Waals surface area (Å²) in [5.41, 5.74) is 7.18. The first kappa shape index (κ1) is 14.7. The third kappa shape index (κ3) is 2.87. The van der Waals surface area contributed by atoms with Crippen LogP contribution in [0.15, 0.2) is 47.2 Å². The molecule has 0 saturated heterocycles. The lowest BCUT2D eigenvalue weighted by Crippen LogP contribution is -2.07. The summed E-state index contributed by atoms with van der Waals surface area (Å²) in [7, 11) is 0. The quantitative estimate of drug-likeness (QED) is 0.757. The molecule has 0 saturated carbocycles. The van der Waals surface area contributed by atoms with Crippen molar-refractivity contribution in [1.29, 1.82) is 0 Å². The first-order chi connectivity index (χ1) is 10.5. The molecule has 0 unspecified atom stereocenters. The number of nitrogens with two attached hydrogens (primary N) is 1. The summed E-state index contributed by atoms with van der Waals surface area (Å²) in [5, 5.41) is 0.730. The van der Waals surface area contributed by atoms with E-state index >= 15 is 0 Å². The van der Waals surface area contributed by atoms with Crippen molar-refractivity contribution in [2.24, 2.45) is 0 Å². The maximum Gasteiger partial charge on any atom is 0.166 e. The lowest BCUT2D eigenvalue weighted by molar-refractivity contribution is 0.228. The number of nitrogens with zero attached hydrogens (tertiary/aromatic N) is 2. The monoisotopic (exact) mass is 361 g/mol. The first-order valence-electron chi connectivity index (χ1n) is 6.66. The predicted octanol–water partition coefficient (Wildman–Crippen LogP) is 4.25. The first-order valence-corrected chi connectivity index (χ1v) is 7.46. The molecule has 0 bridgehead atoms. The maximum absolute atomic E-state index is 13.8. The Labute approximate surface area is 135 Å². The highest BCUT2D eigenvalue weighted by atomic mass is 79.9. The van der Waals surface area contributed by atoms with Gasteiger partial charge in [0, 0.05) is 27.8 Å². The fourth-order valence-electron chi connectivity index (χ4n) is 2.27. The van der Waals surface area contributed by atoms with Gasteiger partial charge in [0.15, 0.2) is 11.6 Å². The van der Waals surface area contributed by atoms with Crippen molar-refractivity contribution in [2.75, 3.05) is 5.73 Å². The van der Waals surface area contributed by atoms with E-state index in [4.69, 9.17) is 10.5 Å². The molecular weight excluding hydrogens is 349 g/mol. The van der Waals surface area contributed by atoms with Crippen LogP contribution in [0.25, 0.3) is 10.9 Å². The summed E-state index contributed by atoms with van der Waals surface area (Å²) in [5.74, 6) is 0.394. The summed E-state index contributed by atoms with van der Waals surface area (Å²) in [6.45, 7) is 1.82. The van der Waals surface area contributed by atoms with Gasteiger partial charge in [0.25, 0.3) is 0 Å². The van der Waals surface area contributed by atoms with Crippen LogP contribution in [0.5, 0.6) is 5.75 Å². The van der Waals surface area contributed by atoms with E-state index in [0.717, 1.165) is 9.86 Å². The number of aromatic nitrogens is 2. The van der Waals surface area contributed by atoms with E-state index in [1.807, 2.05) is 13.0 Å². The topological polar surface area (TPSA) is 61.0 Å². The zero-order chi connectivity index (χ0) is 15.7. The summed E-state index contributed by atoms with van der Waals surface area (Å²) in [6.07, 6.45) is 2.84. The van der Waals surface area contributed by atoms with Crippen molar-refractivity contribution in [3.63, 3.8) is 0 Å². The van der Waals surface area contributed by atoms with Gasteiger partial charge in [0.2, 0.25) is 0 Å². The summed E-state index contributed by atoms with van der Waals surface area (Å²) < 4.78 is 20.4. The molecule has 0 fully saturated rings. The molecule has 3 aromatic rings. The molecule has 6 heteroatoms. The van der Waals surface area contributed by atoms with Crippen molar-refractivity contribution in [3.05, 3.63) is 58.6 Å². The standard InChI is InChI=1S/C16H13BrFN3O/c1-9(22-14-6-11(17)8-21-16(14)19)13-7-12(18)5-10-3-2-4-20-15(10)13/h2-9H,1H3,(H2,19,21)/t9-/m1/s1. The van der Waals surface area contributed by atoms with Gasteiger partial charge in [-0.3, -0.25) is 4.98 Å². The van der Waals surface area contributed by atoms with Crippen LogP contribution in [0.4, 0.5) is 10.2 Å². The van der Waals surface area contributed by atoms with Gasteiger partial charge in [0.05, 0.1) is 5.52 Å². The van der Waals surface area contributed by atoms with Crippen LogP contribution < -0.4 is 10.5 Å². The molecule has 2 heterocycles. The van der Waals surface area contributed by atoms with E-state index in [1.54, 1.807) is 24.5 Å². The van der Waals surface area contributed by atoms with Gasteiger partial charge in [-0.2, -0.15) is 0 Å². The van der Waals surface area contributed by atoms with Crippen LogP contribution in [0.2, 0.25) is 0 Å². The highest BCUT2D eigenvalue weighted by Crippen LogP contribution is 2.31. The highest BCUT2D eigenvalue weighted by molar-refractivity contribution is 9.10. The van der Waals surface area contributed by atoms with E-state index in [1.165, 1.54) is 12.1 Å². The Bertz CT molecular complexity index is 841. The van der Waals surface area contributed by atoms with Gasteiger partial charge in [-0.05, 0) is 47.1 Å². The van der Waals surface area contributed by atoms with Gasteiger partial charge in [0.1, 0.15) is 11.9 Å². The van der Waals surface area contributed by atoms with Crippen molar-refractivity contribution in [3.8, 4) is 5.75 Å². The molecule has 0 amide bonds. The lowest BCUT2D eigenvalue weighted by atomic mass is 10.1. The number of rotatable bonds is 3. The molecule has 0 aliphatic carbocycles. The Morgan fingerprint density at radius 1 is 1.27 bits per heavy atom. The third-order valence-corrected chi connectivity index (χ3v) is 3.72. The van der Waals surface area contributed by atoms with E-state index in [-0.39, 0.29) is 11.6 Å². The van der Waals surface area contributed by atoms with Crippen molar-refractivity contribution in [1.82, 2.24) is 9.97 Å². The number of halogens is 2. The second-order valence-corrected chi connectivity index (χ2v) is 5.78. The molecule has 2 N–H and O–H groups in total. The molecule has 3 rings (SSSR count). The van der Waals surface area contributed by atoms with E-state index in [0.29, 0.717) is 16.8 Å². The van der Waals surface area contributed by atoms with Crippen molar-refractivity contribution < 1.29 is 9.13 Å². The van der Waals surface area contributed by atoms with Crippen molar-refractivity contribution in [2.45, 2.75) is 13.0 Å². The predicted molar refractivity (Wildman–Crippen MR) is 87.1 cm³/mol. The van der Waals surface area contributed by atoms with E-state index < -0.39 is 6.10 Å². The number of hydrogen-bond acceptors (Lipinski definition) is 4. The van der Waals surface area contributed by atoms with Gasteiger partial charge in [-0.25, -0.2) is 9.37 Å². The number of fused-ring (bicyclic) bond motifs is 1. The number of anilines is 1. The highest BCUT2D eigenvalue weighted by Gasteiger charge is 2.15. The minimum atomic E-state index is -0.425. The summed E-state index contributed by atoms with van der Waals surface area (Å²) in [4.78, 5) is 8.34. The molecule has 4 nitrogen and oxygen atoms in total. The Morgan fingerprint density at radius 3 is 2.91 bits per heavy atom. The third-order valence-electron chi connectivity index (χ3n) is 3.29. The number of hydrogen-bond donors (Lipinski definition) is 1. The van der Waals surface area contributed by atoms with Crippen LogP contribution >= 0.6 is 15.9 Å². The Balaban J connectivity index is 2.02. The zero-order valence-corrected chi connectivity index (χ0v) is 13.3. The molecule has 0 aliphatic rings. The normalized spacial score (nSPS) is 12.3. The summed E-state index contributed by atoms with van der Waals surface area (Å²) in [6, 6.07) is 8.20. The average molecular weight is 362 g/mol. The minimum absolute atomic E-state index is 0.281. The van der Waals surface area contributed by atoms with Crippen LogP contribution in [0, 0.1) is 5.82 Å². The number of ether oxygens (including phenoxy) is 1. The molecule has 1 atom stereocenters. The van der Waals surface area contributed by atoms with Gasteiger partial charge in [-0.15, -0.1) is 0 Å². The SMILES string of the molecule is C[C@@H](Oc1cc(Br)cnc1N)c1cc(F)cc2cccnc12. The lowest BCUT2D eigenvalue weighted by Gasteiger charge is -2.17. The largest absolute Gasteiger partial charge is 0.482 e. The molecular formula is C16H13BrFN3O. The van der Waals surface area contributed by atoms with Crippen LogP contribution in [-0.4, -0.2) is 9.97 Å².